The van der Waals surface area contributed by atoms with Gasteiger partial charge in [0.25, 0.3) is 0 Å². The summed E-state index contributed by atoms with van der Waals surface area (Å²) in [4.78, 5) is 25.1. The maximum absolute atomic E-state index is 12.8. The van der Waals surface area contributed by atoms with E-state index in [-0.39, 0.29) is 46.8 Å². The fourth-order valence-electron chi connectivity index (χ4n) is 3.50. The van der Waals surface area contributed by atoms with Crippen LogP contribution in [0, 0.1) is 11.8 Å². The molecule has 0 aromatic carbocycles. The van der Waals surface area contributed by atoms with Crippen LogP contribution < -0.4 is 5.32 Å². The number of carbonyl (C=O) groups is 2. The Morgan fingerprint density at radius 3 is 2.31 bits per heavy atom. The van der Waals surface area contributed by atoms with Gasteiger partial charge in [-0.3, -0.25) is 9.59 Å². The number of allylic oxidation sites excluding steroid dienone is 2. The molecule has 148 valence electrons. The van der Waals surface area contributed by atoms with Crippen molar-refractivity contribution in [3.05, 3.63) is 11.8 Å². The van der Waals surface area contributed by atoms with Gasteiger partial charge in [-0.1, -0.05) is 20.8 Å². The van der Waals surface area contributed by atoms with Crippen molar-refractivity contribution in [2.45, 2.75) is 90.8 Å². The van der Waals surface area contributed by atoms with Gasteiger partial charge < -0.3 is 14.5 Å². The third kappa shape index (κ3) is 4.22. The molecule has 4 atom stereocenters. The summed E-state index contributed by atoms with van der Waals surface area (Å²) in [5, 5.41) is 3.05. The lowest BCUT2D eigenvalue weighted by atomic mass is 9.73. The van der Waals surface area contributed by atoms with Crippen molar-refractivity contribution in [3.63, 3.8) is 0 Å². The van der Waals surface area contributed by atoms with Gasteiger partial charge in [0.05, 0.1) is 24.2 Å². The molecule has 0 saturated carbocycles. The highest BCUT2D eigenvalue weighted by Gasteiger charge is 2.52. The van der Waals surface area contributed by atoms with E-state index in [9.17, 15) is 9.59 Å². The molecule has 1 aliphatic heterocycles. The third-order valence-corrected chi connectivity index (χ3v) is 10.5. The van der Waals surface area contributed by atoms with Crippen LogP contribution in [-0.4, -0.2) is 38.3 Å². The summed E-state index contributed by atoms with van der Waals surface area (Å²) >= 11 is 0. The molecule has 2 aliphatic rings. The first-order valence-electron chi connectivity index (χ1n) is 9.74. The number of ketones is 1. The average Bonchev–Trinajstić information content (AvgIpc) is 2.45. The Morgan fingerprint density at radius 2 is 1.81 bits per heavy atom. The van der Waals surface area contributed by atoms with Crippen LogP contribution in [0.2, 0.25) is 18.1 Å². The zero-order chi connectivity index (χ0) is 19.9. The number of hydrogen-bond donors (Lipinski definition) is 1. The number of ether oxygens (including phenoxy) is 1. The predicted molar refractivity (Wildman–Crippen MR) is 105 cm³/mol. The Hall–Kier alpha value is -1.14. The smallest absolute Gasteiger partial charge is 0.228 e. The molecule has 1 heterocycles. The Bertz CT molecular complexity index is 591. The second-order valence-electron chi connectivity index (χ2n) is 9.43. The average molecular weight is 382 g/mol. The van der Waals surface area contributed by atoms with Crippen LogP contribution >= 0.6 is 0 Å². The monoisotopic (exact) mass is 381 g/mol. The lowest BCUT2D eigenvalue weighted by Crippen LogP contribution is -2.67. The standard InChI is InChI=1S/C20H35NO4Si/c1-12(2)24-15-11-9-10-14(18(15)22)17-16(19(23)21-17)13(3)25-26(7,8)20(4,5)6/h11-14,16-17H,9-10H2,1-8H3,(H,21,23)/t13-,14-,16-,17-/m1/s1. The predicted octanol–water partition coefficient (Wildman–Crippen LogP) is 3.80. The van der Waals surface area contributed by atoms with Crippen LogP contribution in [0.5, 0.6) is 0 Å². The van der Waals surface area contributed by atoms with Gasteiger partial charge in [0.1, 0.15) is 0 Å². The number of rotatable bonds is 6. The molecule has 0 bridgehead atoms. The fourth-order valence-corrected chi connectivity index (χ4v) is 4.93. The van der Waals surface area contributed by atoms with Crippen LogP contribution in [0.1, 0.15) is 54.4 Å². The third-order valence-electron chi connectivity index (χ3n) is 5.97. The highest BCUT2D eigenvalue weighted by atomic mass is 28.4. The van der Waals surface area contributed by atoms with Crippen molar-refractivity contribution < 1.29 is 18.8 Å². The molecule has 26 heavy (non-hydrogen) atoms. The molecule has 0 spiro atoms. The van der Waals surface area contributed by atoms with E-state index in [1.165, 1.54) is 0 Å². The van der Waals surface area contributed by atoms with Gasteiger partial charge in [-0.05, 0) is 57.8 Å². The SMILES string of the molecule is CC(C)OC1=CCC[C@H]([C@H]2NC(=O)[C@@H]2[C@@H](C)O[Si](C)(C)C(C)(C)C)C1=O. The first-order chi connectivity index (χ1) is 11.8. The molecule has 6 heteroatoms. The number of amides is 1. The summed E-state index contributed by atoms with van der Waals surface area (Å²) in [5.74, 6) is -0.0260. The van der Waals surface area contributed by atoms with E-state index in [1.54, 1.807) is 0 Å². The van der Waals surface area contributed by atoms with Crippen LogP contribution in [0.25, 0.3) is 0 Å². The Balaban J connectivity index is 2.10. The second kappa shape index (κ2) is 7.47. The summed E-state index contributed by atoms with van der Waals surface area (Å²) in [6.45, 7) is 16.8. The van der Waals surface area contributed by atoms with Crippen molar-refractivity contribution in [2.75, 3.05) is 0 Å². The molecule has 1 amide bonds. The molecular formula is C20H35NO4Si. The van der Waals surface area contributed by atoms with Gasteiger partial charge in [-0.15, -0.1) is 0 Å². The fraction of sp³-hybridized carbons (Fsp3) is 0.800. The van der Waals surface area contributed by atoms with Crippen LogP contribution in [0.4, 0.5) is 0 Å². The zero-order valence-electron chi connectivity index (χ0n) is 17.5. The zero-order valence-corrected chi connectivity index (χ0v) is 18.5. The minimum atomic E-state index is -1.98. The van der Waals surface area contributed by atoms with Crippen molar-refractivity contribution in [2.24, 2.45) is 11.8 Å². The van der Waals surface area contributed by atoms with Gasteiger partial charge in [0.2, 0.25) is 11.7 Å². The van der Waals surface area contributed by atoms with Crippen LogP contribution in [0.3, 0.4) is 0 Å². The van der Waals surface area contributed by atoms with Crippen LogP contribution in [-0.2, 0) is 18.8 Å². The van der Waals surface area contributed by atoms with E-state index < -0.39 is 8.32 Å². The van der Waals surface area contributed by atoms with Crippen LogP contribution in [0.15, 0.2) is 11.8 Å². The molecule has 1 fully saturated rings. The van der Waals surface area contributed by atoms with Gasteiger partial charge in [-0.25, -0.2) is 0 Å². The number of β-lactam (4-membered cyclic amide) rings is 1. The minimum Gasteiger partial charge on any atom is -0.488 e. The largest absolute Gasteiger partial charge is 0.488 e. The minimum absolute atomic E-state index is 0.00473. The molecular weight excluding hydrogens is 346 g/mol. The van der Waals surface area contributed by atoms with Gasteiger partial charge in [0.15, 0.2) is 14.1 Å². The summed E-state index contributed by atoms with van der Waals surface area (Å²) in [7, 11) is -1.98. The number of carbonyl (C=O) groups excluding carboxylic acids is 2. The van der Waals surface area contributed by atoms with E-state index >= 15 is 0 Å². The second-order valence-corrected chi connectivity index (χ2v) is 14.2. The van der Waals surface area contributed by atoms with Crippen molar-refractivity contribution >= 4 is 20.0 Å². The first kappa shape index (κ1) is 21.2. The molecule has 0 aromatic rings. The van der Waals surface area contributed by atoms with E-state index in [2.05, 4.69) is 39.2 Å². The van der Waals surface area contributed by atoms with Gasteiger partial charge in [0, 0.05) is 5.92 Å². The number of Topliss-reactive ketones (excluding diaryl/α,β-unsaturated/α-hetero) is 1. The normalized spacial score (nSPS) is 28.3. The van der Waals surface area contributed by atoms with Gasteiger partial charge >= 0.3 is 0 Å². The summed E-state index contributed by atoms with van der Waals surface area (Å²) in [6.07, 6.45) is 3.20. The number of hydrogen-bond acceptors (Lipinski definition) is 4. The van der Waals surface area contributed by atoms with E-state index in [4.69, 9.17) is 9.16 Å². The molecule has 5 nitrogen and oxygen atoms in total. The number of nitrogens with one attached hydrogen (secondary N) is 1. The van der Waals surface area contributed by atoms with E-state index in [1.807, 2.05) is 26.8 Å². The van der Waals surface area contributed by atoms with Crippen molar-refractivity contribution in [3.8, 4) is 0 Å². The maximum atomic E-state index is 12.8. The molecule has 0 aromatic heterocycles. The Morgan fingerprint density at radius 1 is 1.19 bits per heavy atom. The lowest BCUT2D eigenvalue weighted by Gasteiger charge is -2.47. The Kier molecular flexibility index (Phi) is 6.08. The molecule has 1 saturated heterocycles. The van der Waals surface area contributed by atoms with E-state index in [0.29, 0.717) is 5.76 Å². The Labute approximate surface area is 159 Å². The highest BCUT2D eigenvalue weighted by Crippen LogP contribution is 2.40. The first-order valence-corrected chi connectivity index (χ1v) is 12.6. The summed E-state index contributed by atoms with van der Waals surface area (Å²) < 4.78 is 12.1. The summed E-state index contributed by atoms with van der Waals surface area (Å²) in [5.41, 5.74) is 0. The summed E-state index contributed by atoms with van der Waals surface area (Å²) in [6, 6.07) is -0.158. The lowest BCUT2D eigenvalue weighted by molar-refractivity contribution is -0.145. The van der Waals surface area contributed by atoms with E-state index in [0.717, 1.165) is 12.8 Å². The quantitative estimate of drug-likeness (QED) is 0.561. The highest BCUT2D eigenvalue weighted by molar-refractivity contribution is 6.74. The molecule has 1 N–H and O–H groups in total. The van der Waals surface area contributed by atoms with Crippen molar-refractivity contribution in [1.29, 1.82) is 0 Å². The molecule has 0 unspecified atom stereocenters. The maximum Gasteiger partial charge on any atom is 0.228 e. The topological polar surface area (TPSA) is 64.6 Å². The molecule has 0 radical (unpaired) electrons. The molecule has 2 rings (SSSR count). The molecule has 1 aliphatic carbocycles. The van der Waals surface area contributed by atoms with Gasteiger partial charge in [-0.2, -0.15) is 0 Å². The van der Waals surface area contributed by atoms with Crippen molar-refractivity contribution in [1.82, 2.24) is 5.32 Å².